The van der Waals surface area contributed by atoms with Crippen molar-refractivity contribution in [1.29, 1.82) is 0 Å². The highest BCUT2D eigenvalue weighted by Crippen LogP contribution is 2.19. The number of carboxylic acid groups (broad SMARTS) is 1. The van der Waals surface area contributed by atoms with Crippen LogP contribution in [0.15, 0.2) is 12.2 Å². The van der Waals surface area contributed by atoms with Gasteiger partial charge in [-0.15, -0.1) is 0 Å². The van der Waals surface area contributed by atoms with Crippen molar-refractivity contribution in [1.82, 2.24) is 5.09 Å². The number of carboxylic acids is 1. The van der Waals surface area contributed by atoms with Crippen molar-refractivity contribution in [2.45, 2.75) is 103 Å². The van der Waals surface area contributed by atoms with E-state index in [-0.39, 0.29) is 0 Å². The maximum Gasteiger partial charge on any atom is 0.432 e. The molecule has 0 radical (unpaired) electrons. The lowest BCUT2D eigenvalue weighted by Gasteiger charge is -2.03. The Kier molecular flexibility index (Phi) is 19.4. The van der Waals surface area contributed by atoms with Crippen molar-refractivity contribution in [3.63, 3.8) is 0 Å². The first-order valence-electron chi connectivity index (χ1n) is 10.8. The molecule has 0 aromatic heterocycles. The van der Waals surface area contributed by atoms with E-state index in [9.17, 15) is 9.36 Å². The summed E-state index contributed by atoms with van der Waals surface area (Å²) in [4.78, 5) is 10.7. The molecule has 2 atom stereocenters. The van der Waals surface area contributed by atoms with Gasteiger partial charge in [0, 0.05) is 0 Å². The average molecular weight is 403 g/mol. The molecule has 0 heterocycles. The van der Waals surface area contributed by atoms with E-state index in [1.807, 2.05) is 0 Å². The molecule has 3 N–H and O–H groups in total. The van der Waals surface area contributed by atoms with Crippen molar-refractivity contribution in [2.24, 2.45) is 0 Å². The monoisotopic (exact) mass is 402 g/mol. The van der Waals surface area contributed by atoms with Crippen LogP contribution < -0.4 is 5.09 Å². The fourth-order valence-electron chi connectivity index (χ4n) is 2.92. The molecular weight excluding hydrogens is 361 g/mol. The molecule has 0 spiro atoms. The van der Waals surface area contributed by atoms with Crippen LogP contribution >= 0.6 is 7.95 Å². The zero-order valence-corrected chi connectivity index (χ0v) is 18.1. The number of allylic oxidation sites excluding steroid dienone is 2. The summed E-state index contributed by atoms with van der Waals surface area (Å²) in [5, 5.41) is 20.1. The first-order chi connectivity index (χ1) is 13.1. The number of unbranched alkanes of at least 4 members (excludes halogenated alkanes) is 12. The number of nitrogens with one attached hydrogen (secondary N) is 1. The van der Waals surface area contributed by atoms with Gasteiger partial charge in [-0.3, -0.25) is 4.79 Å². The third kappa shape index (κ3) is 18.4. The van der Waals surface area contributed by atoms with E-state index in [1.54, 1.807) is 0 Å². The molecule has 0 aliphatic carbocycles. The second-order valence-electron chi connectivity index (χ2n) is 7.24. The van der Waals surface area contributed by atoms with Crippen molar-refractivity contribution in [3.05, 3.63) is 12.2 Å². The Bertz CT molecular complexity index is 402. The fraction of sp³-hybridized carbons (Fsp3) is 0.857. The molecule has 0 fully saturated rings. The molecule has 0 aromatic rings. The van der Waals surface area contributed by atoms with Gasteiger partial charge in [-0.05, 0) is 38.5 Å². The van der Waals surface area contributed by atoms with E-state index < -0.39 is 26.6 Å². The summed E-state index contributed by atoms with van der Waals surface area (Å²) in [7, 11) is -1.75. The number of hydrogen-bond acceptors (Lipinski definition) is 3. The number of carbonyl (C=O) groups is 1. The highest BCUT2D eigenvalue weighted by atomic mass is 31.1. The van der Waals surface area contributed by atoms with Crippen molar-refractivity contribution < 1.29 is 19.6 Å². The lowest BCUT2D eigenvalue weighted by atomic mass is 10.1. The Morgan fingerprint density at radius 2 is 1.37 bits per heavy atom. The standard InChI is InChI=1S/C21H40NO4P/c1-2-3-4-5-6-7-8-9-10-11-12-13-14-15-16-17-18-27(26)22-20(19-23)21(24)25/h7-8,20,23H,2-6,9-19H2,1H3,(H-,22,24,25,26)/p+1/b8-7+/t20-/m0/s1. The minimum atomic E-state index is -1.75. The highest BCUT2D eigenvalue weighted by Gasteiger charge is 2.26. The number of hydrogen-bond donors (Lipinski definition) is 3. The van der Waals surface area contributed by atoms with Gasteiger partial charge in [0.05, 0.1) is 6.61 Å². The normalized spacial score (nSPS) is 13.2. The average Bonchev–Trinajstić information content (AvgIpc) is 2.65. The minimum Gasteiger partial charge on any atom is -0.480 e. The van der Waals surface area contributed by atoms with E-state index in [1.165, 1.54) is 70.6 Å². The van der Waals surface area contributed by atoms with E-state index in [2.05, 4.69) is 24.2 Å². The summed E-state index contributed by atoms with van der Waals surface area (Å²) in [6, 6.07) is -1.12. The lowest BCUT2D eigenvalue weighted by molar-refractivity contribution is -0.139. The van der Waals surface area contributed by atoms with Crippen LogP contribution in [-0.4, -0.2) is 35.0 Å². The van der Waals surface area contributed by atoms with Crippen molar-refractivity contribution >= 4 is 13.9 Å². The van der Waals surface area contributed by atoms with Crippen LogP contribution in [0.25, 0.3) is 0 Å². The number of aliphatic hydroxyl groups excluding tert-OH is 1. The molecular formula is C21H41NO4P+. The summed E-state index contributed by atoms with van der Waals surface area (Å²) >= 11 is 0. The van der Waals surface area contributed by atoms with Gasteiger partial charge in [0.1, 0.15) is 0 Å². The molecule has 27 heavy (non-hydrogen) atoms. The minimum absolute atomic E-state index is 0.476. The first-order valence-corrected chi connectivity index (χ1v) is 12.3. The van der Waals surface area contributed by atoms with Crippen LogP contribution in [0.1, 0.15) is 96.8 Å². The molecule has 0 saturated heterocycles. The highest BCUT2D eigenvalue weighted by molar-refractivity contribution is 7.42. The Balaban J connectivity index is 3.32. The van der Waals surface area contributed by atoms with Crippen LogP contribution in [0.4, 0.5) is 0 Å². The fourth-order valence-corrected chi connectivity index (χ4v) is 4.10. The molecule has 0 saturated carbocycles. The molecule has 0 aromatic carbocycles. The predicted molar refractivity (Wildman–Crippen MR) is 114 cm³/mol. The van der Waals surface area contributed by atoms with Gasteiger partial charge in [-0.2, -0.15) is 0 Å². The second kappa shape index (κ2) is 20.0. The molecule has 158 valence electrons. The molecule has 0 amide bonds. The Morgan fingerprint density at radius 1 is 0.889 bits per heavy atom. The molecule has 6 heteroatoms. The van der Waals surface area contributed by atoms with Crippen LogP contribution in [-0.2, 0) is 9.36 Å². The molecule has 5 nitrogen and oxygen atoms in total. The molecule has 0 bridgehead atoms. The van der Waals surface area contributed by atoms with Gasteiger partial charge in [-0.25, -0.2) is 0 Å². The quantitative estimate of drug-likeness (QED) is 0.136. The van der Waals surface area contributed by atoms with Crippen LogP contribution in [0.5, 0.6) is 0 Å². The first kappa shape index (κ1) is 26.2. The lowest BCUT2D eigenvalue weighted by Crippen LogP contribution is -2.35. The van der Waals surface area contributed by atoms with Crippen molar-refractivity contribution in [3.8, 4) is 0 Å². The molecule has 0 rings (SSSR count). The summed E-state index contributed by atoms with van der Waals surface area (Å²) in [5.74, 6) is -1.16. The number of aliphatic carboxylic acids is 1. The maximum atomic E-state index is 11.7. The van der Waals surface area contributed by atoms with E-state index >= 15 is 0 Å². The number of rotatable bonds is 20. The molecule has 1 unspecified atom stereocenters. The van der Waals surface area contributed by atoms with Gasteiger partial charge < -0.3 is 10.2 Å². The van der Waals surface area contributed by atoms with E-state index in [0.717, 1.165) is 19.3 Å². The smallest absolute Gasteiger partial charge is 0.432 e. The van der Waals surface area contributed by atoms with Gasteiger partial charge in [0.25, 0.3) is 0 Å². The summed E-state index contributed by atoms with van der Waals surface area (Å²) in [6.45, 7) is 1.71. The Morgan fingerprint density at radius 3 is 1.85 bits per heavy atom. The third-order valence-corrected chi connectivity index (χ3v) is 5.98. The van der Waals surface area contributed by atoms with E-state index in [0.29, 0.717) is 6.16 Å². The molecule has 0 aliphatic heterocycles. The predicted octanol–water partition coefficient (Wildman–Crippen LogP) is 5.80. The van der Waals surface area contributed by atoms with Crippen LogP contribution in [0, 0.1) is 0 Å². The van der Waals surface area contributed by atoms with Crippen molar-refractivity contribution in [2.75, 3.05) is 12.8 Å². The van der Waals surface area contributed by atoms with Gasteiger partial charge >= 0.3 is 13.9 Å². The zero-order valence-electron chi connectivity index (χ0n) is 17.2. The van der Waals surface area contributed by atoms with Crippen LogP contribution in [0.3, 0.4) is 0 Å². The Hall–Kier alpha value is -0.770. The Labute approximate surface area is 166 Å². The SMILES string of the molecule is CCCCCC/C=C/CCCCCCCCCC[P+](=O)N[C@@H](CO)C(=O)O. The summed E-state index contributed by atoms with van der Waals surface area (Å²) < 4.78 is 11.7. The van der Waals surface area contributed by atoms with Crippen LogP contribution in [0.2, 0.25) is 0 Å². The maximum absolute atomic E-state index is 11.7. The van der Waals surface area contributed by atoms with E-state index in [4.69, 9.17) is 10.2 Å². The van der Waals surface area contributed by atoms with Gasteiger partial charge in [0.2, 0.25) is 0 Å². The molecule has 0 aliphatic rings. The summed E-state index contributed by atoms with van der Waals surface area (Å²) in [5.41, 5.74) is 0. The largest absolute Gasteiger partial charge is 0.480 e. The van der Waals surface area contributed by atoms with Gasteiger partial charge in [-0.1, -0.05) is 80.1 Å². The summed E-state index contributed by atoms with van der Waals surface area (Å²) in [6.07, 6.45) is 22.3. The topological polar surface area (TPSA) is 86.6 Å². The third-order valence-electron chi connectivity index (χ3n) is 4.65. The second-order valence-corrected chi connectivity index (χ2v) is 8.70. The number of aliphatic hydroxyl groups is 1. The van der Waals surface area contributed by atoms with Gasteiger partial charge in [0.15, 0.2) is 12.2 Å². The zero-order chi connectivity index (χ0) is 20.2.